The van der Waals surface area contributed by atoms with Crippen molar-refractivity contribution in [2.45, 2.75) is 33.7 Å². The molecule has 2 rings (SSSR count). The molecule has 7 heteroatoms. The molecule has 0 spiro atoms. The Balaban J connectivity index is 0.00000264. The molecule has 0 radical (unpaired) electrons. The number of aryl methyl sites for hydroxylation is 2. The Bertz CT molecular complexity index is 619. The minimum absolute atomic E-state index is 0. The minimum atomic E-state index is 0. The number of rotatable bonds is 6. The predicted molar refractivity (Wildman–Crippen MR) is 109 cm³/mol. The molecule has 2 heterocycles. The number of hydrogen-bond donors (Lipinski definition) is 2. The van der Waals surface area contributed by atoms with Gasteiger partial charge in [-0.15, -0.1) is 24.0 Å². The maximum absolute atomic E-state index is 4.62. The number of aliphatic imine (C=N–C) groups is 1. The highest BCUT2D eigenvalue weighted by Gasteiger charge is 2.09. The zero-order valence-corrected chi connectivity index (χ0v) is 17.4. The van der Waals surface area contributed by atoms with Gasteiger partial charge in [-0.1, -0.05) is 0 Å². The second-order valence-electron chi connectivity index (χ2n) is 5.28. The molecule has 23 heavy (non-hydrogen) atoms. The lowest BCUT2D eigenvalue weighted by molar-refractivity contribution is 0.729. The maximum atomic E-state index is 4.62. The summed E-state index contributed by atoms with van der Waals surface area (Å²) in [6.45, 7) is 8.69. The Kier molecular flexibility index (Phi) is 8.60. The van der Waals surface area contributed by atoms with E-state index in [1.807, 2.05) is 11.7 Å². The third-order valence-electron chi connectivity index (χ3n) is 3.67. The fourth-order valence-electron chi connectivity index (χ4n) is 2.38. The molecule has 0 fully saturated rings. The van der Waals surface area contributed by atoms with Gasteiger partial charge < -0.3 is 10.6 Å². The molecule has 2 N–H and O–H groups in total. The van der Waals surface area contributed by atoms with Crippen LogP contribution in [-0.4, -0.2) is 28.8 Å². The fraction of sp³-hybridized carbons (Fsp3) is 0.500. The standard InChI is InChI=1S/C16H25N5S.HI/c1-5-17-16(19-10-14-7-9-22-11-14)18-8-6-15-12(2)20-21(4)13(15)3;/h7,9,11H,5-6,8,10H2,1-4H3,(H2,17,18,19);1H. The van der Waals surface area contributed by atoms with E-state index in [0.29, 0.717) is 6.54 Å². The van der Waals surface area contributed by atoms with Gasteiger partial charge in [-0.2, -0.15) is 16.4 Å². The van der Waals surface area contributed by atoms with Crippen molar-refractivity contribution in [3.63, 3.8) is 0 Å². The highest BCUT2D eigenvalue weighted by molar-refractivity contribution is 14.0. The lowest BCUT2D eigenvalue weighted by Gasteiger charge is -2.11. The summed E-state index contributed by atoms with van der Waals surface area (Å²) in [6, 6.07) is 2.11. The summed E-state index contributed by atoms with van der Waals surface area (Å²) < 4.78 is 1.94. The van der Waals surface area contributed by atoms with Crippen molar-refractivity contribution in [2.75, 3.05) is 13.1 Å². The number of thiophene rings is 1. The van der Waals surface area contributed by atoms with E-state index in [4.69, 9.17) is 0 Å². The van der Waals surface area contributed by atoms with Crippen LogP contribution in [0.2, 0.25) is 0 Å². The smallest absolute Gasteiger partial charge is 0.191 e. The highest BCUT2D eigenvalue weighted by atomic mass is 127. The molecular formula is C16H26IN5S. The van der Waals surface area contributed by atoms with E-state index in [0.717, 1.165) is 31.2 Å². The molecule has 0 amide bonds. The van der Waals surface area contributed by atoms with Gasteiger partial charge in [0.2, 0.25) is 0 Å². The molecular weight excluding hydrogens is 421 g/mol. The van der Waals surface area contributed by atoms with Crippen molar-refractivity contribution in [3.8, 4) is 0 Å². The third kappa shape index (κ3) is 5.80. The van der Waals surface area contributed by atoms with E-state index in [1.165, 1.54) is 16.8 Å². The SMILES string of the molecule is CCNC(=NCc1ccsc1)NCCc1c(C)nn(C)c1C.I. The second kappa shape index (κ2) is 9.92. The summed E-state index contributed by atoms with van der Waals surface area (Å²) in [5.74, 6) is 0.868. The lowest BCUT2D eigenvalue weighted by atomic mass is 10.1. The molecule has 0 saturated heterocycles. The van der Waals surface area contributed by atoms with Gasteiger partial charge in [0.25, 0.3) is 0 Å². The number of halogens is 1. The van der Waals surface area contributed by atoms with Crippen LogP contribution >= 0.6 is 35.3 Å². The summed E-state index contributed by atoms with van der Waals surface area (Å²) in [7, 11) is 1.99. The molecule has 0 saturated carbocycles. The predicted octanol–water partition coefficient (Wildman–Crippen LogP) is 3.01. The van der Waals surface area contributed by atoms with Crippen LogP contribution in [-0.2, 0) is 20.0 Å². The second-order valence-corrected chi connectivity index (χ2v) is 6.06. The van der Waals surface area contributed by atoms with E-state index in [1.54, 1.807) is 11.3 Å². The summed E-state index contributed by atoms with van der Waals surface area (Å²) in [5, 5.41) is 15.4. The van der Waals surface area contributed by atoms with Crippen molar-refractivity contribution in [1.82, 2.24) is 20.4 Å². The van der Waals surface area contributed by atoms with Crippen LogP contribution in [0.3, 0.4) is 0 Å². The molecule has 0 aliphatic heterocycles. The number of nitrogens with one attached hydrogen (secondary N) is 2. The van der Waals surface area contributed by atoms with Crippen LogP contribution in [0.15, 0.2) is 21.8 Å². The van der Waals surface area contributed by atoms with Crippen LogP contribution in [0.5, 0.6) is 0 Å². The first kappa shape index (κ1) is 20.0. The number of guanidine groups is 1. The van der Waals surface area contributed by atoms with E-state index < -0.39 is 0 Å². The normalized spacial score (nSPS) is 11.2. The Morgan fingerprint density at radius 3 is 2.70 bits per heavy atom. The first-order valence-electron chi connectivity index (χ1n) is 7.64. The van der Waals surface area contributed by atoms with Crippen LogP contribution in [0.4, 0.5) is 0 Å². The molecule has 0 unspecified atom stereocenters. The van der Waals surface area contributed by atoms with Crippen molar-refractivity contribution >= 4 is 41.3 Å². The van der Waals surface area contributed by atoms with Gasteiger partial charge >= 0.3 is 0 Å². The molecule has 128 valence electrons. The number of aromatic nitrogens is 2. The van der Waals surface area contributed by atoms with E-state index in [-0.39, 0.29) is 24.0 Å². The Morgan fingerprint density at radius 1 is 1.35 bits per heavy atom. The van der Waals surface area contributed by atoms with Gasteiger partial charge in [-0.05, 0) is 55.1 Å². The molecule has 0 aromatic carbocycles. The van der Waals surface area contributed by atoms with E-state index in [9.17, 15) is 0 Å². The van der Waals surface area contributed by atoms with Gasteiger partial charge in [-0.25, -0.2) is 4.99 Å². The summed E-state index contributed by atoms with van der Waals surface area (Å²) >= 11 is 1.71. The molecule has 0 aliphatic rings. The fourth-order valence-corrected chi connectivity index (χ4v) is 3.04. The Morgan fingerprint density at radius 2 is 2.13 bits per heavy atom. The Hall–Kier alpha value is -1.09. The zero-order chi connectivity index (χ0) is 15.9. The van der Waals surface area contributed by atoms with Gasteiger partial charge in [0.05, 0.1) is 12.2 Å². The molecule has 0 bridgehead atoms. The monoisotopic (exact) mass is 447 g/mol. The molecule has 2 aromatic heterocycles. The van der Waals surface area contributed by atoms with Crippen LogP contribution in [0.1, 0.15) is 29.4 Å². The van der Waals surface area contributed by atoms with E-state index in [2.05, 4.69) is 58.3 Å². The Labute approximate surface area is 159 Å². The lowest BCUT2D eigenvalue weighted by Crippen LogP contribution is -2.38. The van der Waals surface area contributed by atoms with Crippen LogP contribution < -0.4 is 10.6 Å². The molecule has 5 nitrogen and oxygen atoms in total. The van der Waals surface area contributed by atoms with Crippen molar-refractivity contribution in [2.24, 2.45) is 12.0 Å². The molecule has 2 aromatic rings. The summed E-state index contributed by atoms with van der Waals surface area (Å²) in [5.41, 5.74) is 4.92. The van der Waals surface area contributed by atoms with E-state index >= 15 is 0 Å². The minimum Gasteiger partial charge on any atom is -0.357 e. The van der Waals surface area contributed by atoms with Crippen LogP contribution in [0.25, 0.3) is 0 Å². The maximum Gasteiger partial charge on any atom is 0.191 e. The van der Waals surface area contributed by atoms with Gasteiger partial charge in [0.1, 0.15) is 0 Å². The summed E-state index contributed by atoms with van der Waals surface area (Å²) in [6.07, 6.45) is 0.953. The molecule has 0 atom stereocenters. The van der Waals surface area contributed by atoms with Gasteiger partial charge in [-0.3, -0.25) is 4.68 Å². The average Bonchev–Trinajstić information content (AvgIpc) is 3.08. The van der Waals surface area contributed by atoms with Crippen molar-refractivity contribution in [1.29, 1.82) is 0 Å². The third-order valence-corrected chi connectivity index (χ3v) is 4.40. The highest BCUT2D eigenvalue weighted by Crippen LogP contribution is 2.11. The van der Waals surface area contributed by atoms with Gasteiger partial charge in [0, 0.05) is 25.8 Å². The summed E-state index contributed by atoms with van der Waals surface area (Å²) in [4.78, 5) is 4.62. The average molecular weight is 447 g/mol. The van der Waals surface area contributed by atoms with Crippen molar-refractivity contribution in [3.05, 3.63) is 39.3 Å². The first-order chi connectivity index (χ1) is 10.6. The van der Waals surface area contributed by atoms with Crippen LogP contribution in [0, 0.1) is 13.8 Å². The first-order valence-corrected chi connectivity index (χ1v) is 8.58. The number of hydrogen-bond acceptors (Lipinski definition) is 3. The quantitative estimate of drug-likeness (QED) is 0.407. The van der Waals surface area contributed by atoms with Crippen molar-refractivity contribution < 1.29 is 0 Å². The van der Waals surface area contributed by atoms with Gasteiger partial charge in [0.15, 0.2) is 5.96 Å². The largest absolute Gasteiger partial charge is 0.357 e. The molecule has 0 aliphatic carbocycles. The number of nitrogens with zero attached hydrogens (tertiary/aromatic N) is 3. The zero-order valence-electron chi connectivity index (χ0n) is 14.2. The topological polar surface area (TPSA) is 54.2 Å².